The summed E-state index contributed by atoms with van der Waals surface area (Å²) >= 11 is 0. The molecule has 1 aliphatic rings. The maximum atomic E-state index is 13.0. The number of nitrogens with one attached hydrogen (secondary N) is 1. The molecule has 0 radical (unpaired) electrons. The Hall–Kier alpha value is -2.69. The summed E-state index contributed by atoms with van der Waals surface area (Å²) in [5, 5.41) is 3.16. The number of rotatable bonds is 5. The van der Waals surface area contributed by atoms with E-state index in [1.54, 1.807) is 13.2 Å². The highest BCUT2D eigenvalue weighted by Crippen LogP contribution is 2.41. The third kappa shape index (κ3) is 4.35. The van der Waals surface area contributed by atoms with E-state index in [9.17, 15) is 4.79 Å². The van der Waals surface area contributed by atoms with Crippen LogP contribution < -0.4 is 19.5 Å². The number of carbonyl (C=O) groups is 1. The monoisotopic (exact) mass is 369 g/mol. The van der Waals surface area contributed by atoms with Gasteiger partial charge in [0, 0.05) is 12.0 Å². The predicted octanol–water partition coefficient (Wildman–Crippen LogP) is 4.51. The van der Waals surface area contributed by atoms with Gasteiger partial charge in [-0.1, -0.05) is 12.1 Å². The summed E-state index contributed by atoms with van der Waals surface area (Å²) in [5.74, 6) is 1.92. The van der Waals surface area contributed by atoms with Crippen LogP contribution in [0.4, 0.5) is 0 Å². The van der Waals surface area contributed by atoms with Crippen LogP contribution in [-0.4, -0.2) is 24.7 Å². The fourth-order valence-corrected chi connectivity index (χ4v) is 3.34. The Morgan fingerprint density at radius 2 is 1.96 bits per heavy atom. The van der Waals surface area contributed by atoms with Gasteiger partial charge in [-0.2, -0.15) is 0 Å². The molecule has 1 N–H and O–H groups in total. The molecule has 2 aromatic carbocycles. The van der Waals surface area contributed by atoms with E-state index in [-0.39, 0.29) is 23.7 Å². The van der Waals surface area contributed by atoms with Gasteiger partial charge in [-0.3, -0.25) is 4.79 Å². The minimum absolute atomic E-state index is 0.00838. The largest absolute Gasteiger partial charge is 0.497 e. The Kier molecular flexibility index (Phi) is 5.31. The number of ether oxygens (including phenoxy) is 3. The van der Waals surface area contributed by atoms with E-state index in [2.05, 4.69) is 5.32 Å². The normalized spacial score (nSPS) is 17.6. The summed E-state index contributed by atoms with van der Waals surface area (Å²) < 4.78 is 17.2. The molecule has 0 aliphatic carbocycles. The van der Waals surface area contributed by atoms with Crippen molar-refractivity contribution >= 4 is 5.91 Å². The summed E-state index contributed by atoms with van der Waals surface area (Å²) in [7, 11) is 1.63. The minimum Gasteiger partial charge on any atom is -0.497 e. The third-order valence-electron chi connectivity index (χ3n) is 4.47. The van der Waals surface area contributed by atoms with E-state index in [4.69, 9.17) is 14.2 Å². The van der Waals surface area contributed by atoms with Gasteiger partial charge < -0.3 is 19.5 Å². The Morgan fingerprint density at radius 1 is 1.22 bits per heavy atom. The lowest BCUT2D eigenvalue weighted by atomic mass is 9.89. The Labute approximate surface area is 160 Å². The molecular weight excluding hydrogens is 342 g/mol. The zero-order valence-electron chi connectivity index (χ0n) is 16.5. The van der Waals surface area contributed by atoms with Gasteiger partial charge in [0.15, 0.2) is 0 Å². The number of fused-ring (bicyclic) bond motifs is 1. The minimum atomic E-state index is -0.381. The molecule has 0 fully saturated rings. The quantitative estimate of drug-likeness (QED) is 0.842. The summed E-state index contributed by atoms with van der Waals surface area (Å²) in [4.78, 5) is 13.0. The van der Waals surface area contributed by atoms with Gasteiger partial charge in [0.1, 0.15) is 22.8 Å². The van der Waals surface area contributed by atoms with Crippen LogP contribution in [0.2, 0.25) is 0 Å². The maximum Gasteiger partial charge on any atom is 0.255 e. The number of hydrogen-bond acceptors (Lipinski definition) is 4. The number of benzene rings is 2. The first-order chi connectivity index (χ1) is 12.8. The van der Waals surface area contributed by atoms with Gasteiger partial charge in [0.05, 0.1) is 24.8 Å². The van der Waals surface area contributed by atoms with E-state index in [1.165, 1.54) is 0 Å². The number of amides is 1. The lowest BCUT2D eigenvalue weighted by Gasteiger charge is -2.38. The lowest BCUT2D eigenvalue weighted by molar-refractivity contribution is 0.0617. The van der Waals surface area contributed by atoms with E-state index < -0.39 is 0 Å². The van der Waals surface area contributed by atoms with E-state index in [1.807, 2.05) is 64.1 Å². The standard InChI is InChI=1S/C22H27NO4/c1-14(2)26-19-9-7-6-8-16(19)21(24)23-18-13-22(3,4)27-20-11-10-15(25-5)12-17(18)20/h6-12,14,18H,13H2,1-5H3,(H,23,24)/t18-/m0/s1. The smallest absolute Gasteiger partial charge is 0.255 e. The highest BCUT2D eigenvalue weighted by Gasteiger charge is 2.35. The van der Waals surface area contributed by atoms with Crippen molar-refractivity contribution in [3.63, 3.8) is 0 Å². The topological polar surface area (TPSA) is 56.8 Å². The van der Waals surface area contributed by atoms with Crippen LogP contribution >= 0.6 is 0 Å². The highest BCUT2D eigenvalue weighted by molar-refractivity contribution is 5.97. The second-order valence-electron chi connectivity index (χ2n) is 7.66. The zero-order valence-corrected chi connectivity index (χ0v) is 16.5. The number of carbonyl (C=O) groups excluding carboxylic acids is 1. The van der Waals surface area contributed by atoms with Crippen LogP contribution in [0.15, 0.2) is 42.5 Å². The Bertz CT molecular complexity index is 829. The van der Waals surface area contributed by atoms with Crippen molar-refractivity contribution in [2.24, 2.45) is 0 Å². The van der Waals surface area contributed by atoms with Gasteiger partial charge in [0.25, 0.3) is 5.91 Å². The van der Waals surface area contributed by atoms with Gasteiger partial charge in [-0.25, -0.2) is 0 Å². The van der Waals surface area contributed by atoms with Crippen molar-refractivity contribution in [3.05, 3.63) is 53.6 Å². The summed E-state index contributed by atoms with van der Waals surface area (Å²) in [6, 6.07) is 12.8. The SMILES string of the molecule is COc1ccc2c(c1)[C@@H](NC(=O)c1ccccc1OC(C)C)CC(C)(C)O2. The molecular formula is C22H27NO4. The number of hydrogen-bond donors (Lipinski definition) is 1. The second kappa shape index (κ2) is 7.51. The summed E-state index contributed by atoms with van der Waals surface area (Å²) in [5.41, 5.74) is 1.07. The Balaban J connectivity index is 1.90. The van der Waals surface area contributed by atoms with Crippen molar-refractivity contribution in [2.45, 2.75) is 51.9 Å². The predicted molar refractivity (Wildman–Crippen MR) is 105 cm³/mol. The van der Waals surface area contributed by atoms with Gasteiger partial charge in [0.2, 0.25) is 0 Å². The molecule has 5 heteroatoms. The highest BCUT2D eigenvalue weighted by atomic mass is 16.5. The van der Waals surface area contributed by atoms with Gasteiger partial charge >= 0.3 is 0 Å². The first-order valence-electron chi connectivity index (χ1n) is 9.22. The molecule has 3 rings (SSSR count). The van der Waals surface area contributed by atoms with E-state index in [0.717, 1.165) is 17.1 Å². The average molecular weight is 369 g/mol. The average Bonchev–Trinajstić information content (AvgIpc) is 2.60. The Morgan fingerprint density at radius 3 is 2.67 bits per heavy atom. The van der Waals surface area contributed by atoms with Crippen LogP contribution in [0.25, 0.3) is 0 Å². The molecule has 0 spiro atoms. The van der Waals surface area contributed by atoms with Crippen LogP contribution in [0, 0.1) is 0 Å². The molecule has 1 atom stereocenters. The molecule has 0 saturated heterocycles. The van der Waals surface area contributed by atoms with E-state index in [0.29, 0.717) is 17.7 Å². The van der Waals surface area contributed by atoms with Crippen molar-refractivity contribution in [3.8, 4) is 17.2 Å². The van der Waals surface area contributed by atoms with Gasteiger partial charge in [-0.15, -0.1) is 0 Å². The van der Waals surface area contributed by atoms with Crippen LogP contribution in [0.1, 0.15) is 56.1 Å². The molecule has 0 aromatic heterocycles. The van der Waals surface area contributed by atoms with Crippen molar-refractivity contribution in [1.29, 1.82) is 0 Å². The lowest BCUT2D eigenvalue weighted by Crippen LogP contribution is -2.41. The first-order valence-corrected chi connectivity index (χ1v) is 9.22. The summed E-state index contributed by atoms with van der Waals surface area (Å²) in [6.07, 6.45) is 0.650. The molecule has 2 aromatic rings. The second-order valence-corrected chi connectivity index (χ2v) is 7.66. The van der Waals surface area contributed by atoms with Gasteiger partial charge in [-0.05, 0) is 58.0 Å². The molecule has 5 nitrogen and oxygen atoms in total. The fraction of sp³-hybridized carbons (Fsp3) is 0.409. The molecule has 0 unspecified atom stereocenters. The van der Waals surface area contributed by atoms with Crippen LogP contribution in [0.3, 0.4) is 0 Å². The molecule has 1 heterocycles. The molecule has 144 valence electrons. The zero-order chi connectivity index (χ0) is 19.6. The molecule has 1 amide bonds. The van der Waals surface area contributed by atoms with Crippen LogP contribution in [-0.2, 0) is 0 Å². The molecule has 27 heavy (non-hydrogen) atoms. The van der Waals surface area contributed by atoms with Crippen molar-refractivity contribution < 1.29 is 19.0 Å². The van der Waals surface area contributed by atoms with E-state index >= 15 is 0 Å². The number of para-hydroxylation sites is 1. The fourth-order valence-electron chi connectivity index (χ4n) is 3.34. The first kappa shape index (κ1) is 19.1. The summed E-state index contributed by atoms with van der Waals surface area (Å²) in [6.45, 7) is 7.93. The number of methoxy groups -OCH3 is 1. The van der Waals surface area contributed by atoms with Crippen molar-refractivity contribution in [1.82, 2.24) is 5.32 Å². The molecule has 0 bridgehead atoms. The maximum absolute atomic E-state index is 13.0. The van der Waals surface area contributed by atoms with Crippen LogP contribution in [0.5, 0.6) is 17.2 Å². The molecule has 1 aliphatic heterocycles. The van der Waals surface area contributed by atoms with Crippen molar-refractivity contribution in [2.75, 3.05) is 7.11 Å². The molecule has 0 saturated carbocycles. The third-order valence-corrected chi connectivity index (χ3v) is 4.47.